The summed E-state index contributed by atoms with van der Waals surface area (Å²) in [5.74, 6) is 0.147. The number of benzene rings is 1. The molecule has 5 heteroatoms. The van der Waals surface area contributed by atoms with Gasteiger partial charge in [0, 0.05) is 6.04 Å². The van der Waals surface area contributed by atoms with Crippen LogP contribution in [0.4, 0.5) is 5.69 Å². The summed E-state index contributed by atoms with van der Waals surface area (Å²) in [6.07, 6.45) is 2.25. The molecule has 0 bridgehead atoms. The largest absolute Gasteiger partial charge is 0.314 e. The molecule has 0 heterocycles. The normalized spacial score (nSPS) is 11.9. The number of hydrogen-bond acceptors (Lipinski definition) is 3. The predicted molar refractivity (Wildman–Crippen MR) is 90.4 cm³/mol. The first-order chi connectivity index (χ1) is 9.89. The molecule has 1 aromatic carbocycles. The van der Waals surface area contributed by atoms with Crippen molar-refractivity contribution in [2.24, 2.45) is 0 Å². The summed E-state index contributed by atoms with van der Waals surface area (Å²) in [6.45, 7) is 8.91. The monoisotopic (exact) mass is 312 g/mol. The zero-order chi connectivity index (χ0) is 15.9. The molecule has 2 N–H and O–H groups in total. The molecule has 0 aliphatic heterocycles. The van der Waals surface area contributed by atoms with Crippen LogP contribution >= 0.6 is 0 Å². The van der Waals surface area contributed by atoms with Crippen LogP contribution in [0, 0.1) is 0 Å². The number of para-hydroxylation sites is 1. The lowest BCUT2D eigenvalue weighted by Crippen LogP contribution is -2.27. The molecule has 1 aromatic rings. The SMILES string of the molecule is CCc1cccc(CC)c1NS(=O)(=O)CCCNC(C)C. The Morgan fingerprint density at radius 3 is 2.14 bits per heavy atom. The van der Waals surface area contributed by atoms with E-state index in [1.807, 2.05) is 32.0 Å². The highest BCUT2D eigenvalue weighted by atomic mass is 32.2. The van der Waals surface area contributed by atoms with Crippen molar-refractivity contribution in [3.8, 4) is 0 Å². The van der Waals surface area contributed by atoms with Crippen LogP contribution in [0.15, 0.2) is 18.2 Å². The fourth-order valence-corrected chi connectivity index (χ4v) is 3.43. The highest BCUT2D eigenvalue weighted by Gasteiger charge is 2.14. The van der Waals surface area contributed by atoms with E-state index >= 15 is 0 Å². The number of rotatable bonds is 9. The molecule has 0 spiro atoms. The first-order valence-corrected chi connectivity index (χ1v) is 9.39. The summed E-state index contributed by atoms with van der Waals surface area (Å²) >= 11 is 0. The van der Waals surface area contributed by atoms with E-state index in [2.05, 4.69) is 23.9 Å². The minimum absolute atomic E-state index is 0.147. The maximum Gasteiger partial charge on any atom is 0.232 e. The van der Waals surface area contributed by atoms with Crippen LogP contribution < -0.4 is 10.0 Å². The van der Waals surface area contributed by atoms with Crippen molar-refractivity contribution >= 4 is 15.7 Å². The number of sulfonamides is 1. The molecule has 0 atom stereocenters. The maximum absolute atomic E-state index is 12.2. The smallest absolute Gasteiger partial charge is 0.232 e. The van der Waals surface area contributed by atoms with Crippen LogP contribution in [0.2, 0.25) is 0 Å². The number of aryl methyl sites for hydroxylation is 2. The zero-order valence-electron chi connectivity index (χ0n) is 13.6. The minimum Gasteiger partial charge on any atom is -0.314 e. The summed E-state index contributed by atoms with van der Waals surface area (Å²) in [6, 6.07) is 6.34. The van der Waals surface area contributed by atoms with Crippen LogP contribution in [-0.2, 0) is 22.9 Å². The van der Waals surface area contributed by atoms with Gasteiger partial charge in [-0.3, -0.25) is 4.72 Å². The lowest BCUT2D eigenvalue weighted by Gasteiger charge is -2.16. The molecule has 4 nitrogen and oxygen atoms in total. The van der Waals surface area contributed by atoms with Crippen molar-refractivity contribution in [1.82, 2.24) is 5.32 Å². The second-order valence-electron chi connectivity index (χ2n) is 5.54. The van der Waals surface area contributed by atoms with Crippen molar-refractivity contribution in [3.63, 3.8) is 0 Å². The molecule has 21 heavy (non-hydrogen) atoms. The predicted octanol–water partition coefficient (Wildman–Crippen LogP) is 2.94. The molecular weight excluding hydrogens is 284 g/mol. The van der Waals surface area contributed by atoms with Gasteiger partial charge in [0.25, 0.3) is 0 Å². The topological polar surface area (TPSA) is 58.2 Å². The van der Waals surface area contributed by atoms with E-state index < -0.39 is 10.0 Å². The number of anilines is 1. The molecule has 0 radical (unpaired) electrons. The van der Waals surface area contributed by atoms with Crippen molar-refractivity contribution < 1.29 is 8.42 Å². The fraction of sp³-hybridized carbons (Fsp3) is 0.625. The second-order valence-corrected chi connectivity index (χ2v) is 7.38. The molecule has 0 unspecified atom stereocenters. The lowest BCUT2D eigenvalue weighted by atomic mass is 10.0. The molecule has 0 fully saturated rings. The van der Waals surface area contributed by atoms with Crippen LogP contribution in [0.3, 0.4) is 0 Å². The van der Waals surface area contributed by atoms with Gasteiger partial charge in [-0.05, 0) is 36.9 Å². The molecule has 0 saturated carbocycles. The third-order valence-electron chi connectivity index (χ3n) is 3.40. The van der Waals surface area contributed by atoms with Crippen molar-refractivity contribution in [2.75, 3.05) is 17.0 Å². The Kier molecular flexibility index (Phi) is 7.18. The van der Waals surface area contributed by atoms with Gasteiger partial charge in [0.1, 0.15) is 0 Å². The first-order valence-electron chi connectivity index (χ1n) is 7.74. The van der Waals surface area contributed by atoms with Gasteiger partial charge in [-0.1, -0.05) is 45.9 Å². The molecule has 1 rings (SSSR count). The van der Waals surface area contributed by atoms with Gasteiger partial charge in [0.15, 0.2) is 0 Å². The highest BCUT2D eigenvalue weighted by molar-refractivity contribution is 7.92. The van der Waals surface area contributed by atoms with Crippen molar-refractivity contribution in [1.29, 1.82) is 0 Å². The first kappa shape index (κ1) is 18.0. The Morgan fingerprint density at radius 1 is 1.10 bits per heavy atom. The summed E-state index contributed by atoms with van der Waals surface area (Å²) in [5, 5.41) is 3.23. The number of hydrogen-bond donors (Lipinski definition) is 2. The Morgan fingerprint density at radius 2 is 1.67 bits per heavy atom. The van der Waals surface area contributed by atoms with Crippen LogP contribution in [0.5, 0.6) is 0 Å². The standard InChI is InChI=1S/C16H28N2O2S/c1-5-14-9-7-10-15(6-2)16(14)18-21(19,20)12-8-11-17-13(3)4/h7,9-10,13,17-18H,5-6,8,11-12H2,1-4H3. The summed E-state index contributed by atoms with van der Waals surface area (Å²) in [4.78, 5) is 0. The fourth-order valence-electron chi connectivity index (χ4n) is 2.23. The molecular formula is C16H28N2O2S. The van der Waals surface area contributed by atoms with E-state index in [4.69, 9.17) is 0 Å². The van der Waals surface area contributed by atoms with E-state index in [0.29, 0.717) is 19.0 Å². The summed E-state index contributed by atoms with van der Waals surface area (Å²) in [7, 11) is -3.29. The van der Waals surface area contributed by atoms with E-state index in [9.17, 15) is 8.42 Å². The number of nitrogens with one attached hydrogen (secondary N) is 2. The maximum atomic E-state index is 12.2. The van der Waals surface area contributed by atoms with Gasteiger partial charge in [-0.25, -0.2) is 8.42 Å². The van der Waals surface area contributed by atoms with Gasteiger partial charge in [0.05, 0.1) is 11.4 Å². The zero-order valence-corrected chi connectivity index (χ0v) is 14.4. The van der Waals surface area contributed by atoms with Gasteiger partial charge < -0.3 is 5.32 Å². The average molecular weight is 312 g/mol. The average Bonchev–Trinajstić information content (AvgIpc) is 2.43. The highest BCUT2D eigenvalue weighted by Crippen LogP contribution is 2.23. The molecule has 0 aliphatic rings. The van der Waals surface area contributed by atoms with Crippen molar-refractivity contribution in [3.05, 3.63) is 29.3 Å². The molecule has 0 saturated heterocycles. The Hall–Kier alpha value is -1.07. The van der Waals surface area contributed by atoms with Gasteiger partial charge in [-0.2, -0.15) is 0 Å². The molecule has 0 aliphatic carbocycles. The van der Waals surface area contributed by atoms with E-state index in [0.717, 1.165) is 29.7 Å². The van der Waals surface area contributed by atoms with E-state index in [1.165, 1.54) is 0 Å². The third-order valence-corrected chi connectivity index (χ3v) is 4.74. The van der Waals surface area contributed by atoms with E-state index in [1.54, 1.807) is 0 Å². The van der Waals surface area contributed by atoms with Crippen LogP contribution in [0.1, 0.15) is 45.2 Å². The molecule has 120 valence electrons. The van der Waals surface area contributed by atoms with Crippen LogP contribution in [-0.4, -0.2) is 26.8 Å². The molecule has 0 aromatic heterocycles. The van der Waals surface area contributed by atoms with Gasteiger partial charge in [0.2, 0.25) is 10.0 Å². The lowest BCUT2D eigenvalue weighted by molar-refractivity contribution is 0.571. The van der Waals surface area contributed by atoms with Crippen molar-refractivity contribution in [2.45, 2.75) is 53.0 Å². The molecule has 0 amide bonds. The van der Waals surface area contributed by atoms with Gasteiger partial charge >= 0.3 is 0 Å². The third kappa shape index (κ3) is 6.06. The Balaban J connectivity index is 2.75. The second kappa shape index (κ2) is 8.39. The Labute approximate surface area is 129 Å². The van der Waals surface area contributed by atoms with E-state index in [-0.39, 0.29) is 5.75 Å². The summed E-state index contributed by atoms with van der Waals surface area (Å²) < 4.78 is 27.3. The van der Waals surface area contributed by atoms with Crippen LogP contribution in [0.25, 0.3) is 0 Å². The quantitative estimate of drug-likeness (QED) is 0.689. The summed E-state index contributed by atoms with van der Waals surface area (Å²) in [5.41, 5.74) is 2.88. The van der Waals surface area contributed by atoms with Gasteiger partial charge in [-0.15, -0.1) is 0 Å². The minimum atomic E-state index is -3.29. The Bertz CT molecular complexity index is 517.